The molecule has 2 N–H and O–H groups in total. The number of carbonyl (C=O) groups is 1. The third kappa shape index (κ3) is 2.31. The van der Waals surface area contributed by atoms with Gasteiger partial charge >= 0.3 is 5.97 Å². The highest BCUT2D eigenvalue weighted by atomic mass is 32.3. The summed E-state index contributed by atoms with van der Waals surface area (Å²) >= 11 is 2.20. The number of aliphatic carboxylic acids is 1. The molecule has 0 radical (unpaired) electrons. The third-order valence-corrected chi connectivity index (χ3v) is 5.94. The molecule has 68 valence electrons. The van der Waals surface area contributed by atoms with Gasteiger partial charge in [-0.3, -0.25) is 4.79 Å². The molecule has 0 spiro atoms. The maximum Gasteiger partial charge on any atom is 0.317 e. The molecule has 1 rings (SSSR count). The van der Waals surface area contributed by atoms with E-state index in [4.69, 9.17) is 5.11 Å². The van der Waals surface area contributed by atoms with E-state index >= 15 is 0 Å². The zero-order valence-electron chi connectivity index (χ0n) is 5.80. The highest BCUT2D eigenvalue weighted by Gasteiger charge is 2.10. The zero-order chi connectivity index (χ0) is 9.19. The molecule has 7 heteroatoms. The molecular formula is C5H6O4S3. The minimum atomic E-state index is -3.33. The predicted octanol–water partition coefficient (Wildman–Crippen LogP) is 1.18. The standard InChI is InChI=1S/C5H6O4S3/c6-4(7)3-12(8,9)5-10-1-2-11-5/h1-2H,3H2,(H,6,7)(H,8,9). The smallest absolute Gasteiger partial charge is 0.317 e. The molecule has 1 aromatic heterocycles. The molecule has 0 amide bonds. The summed E-state index contributed by atoms with van der Waals surface area (Å²) in [4.78, 5) is 10.2. The van der Waals surface area contributed by atoms with Crippen LogP contribution in [0.2, 0.25) is 0 Å². The lowest BCUT2D eigenvalue weighted by Gasteiger charge is -1.94. The fourth-order valence-electron chi connectivity index (χ4n) is 0.571. The normalized spacial score (nSPS) is 15.4. The van der Waals surface area contributed by atoms with Crippen molar-refractivity contribution in [2.75, 3.05) is 5.75 Å². The van der Waals surface area contributed by atoms with E-state index in [2.05, 4.69) is 0 Å². The van der Waals surface area contributed by atoms with Crippen LogP contribution in [-0.4, -0.2) is 25.6 Å². The minimum absolute atomic E-state index is 0.255. The number of carboxylic acid groups (broad SMARTS) is 1. The van der Waals surface area contributed by atoms with Gasteiger partial charge in [0.2, 0.25) is 0 Å². The van der Waals surface area contributed by atoms with Crippen molar-refractivity contribution in [1.82, 2.24) is 0 Å². The second-order valence-electron chi connectivity index (χ2n) is 1.94. The summed E-state index contributed by atoms with van der Waals surface area (Å²) in [6.07, 6.45) is 0. The summed E-state index contributed by atoms with van der Waals surface area (Å²) < 4.78 is 20.7. The van der Waals surface area contributed by atoms with Crippen LogP contribution >= 0.6 is 22.7 Å². The van der Waals surface area contributed by atoms with E-state index in [1.54, 1.807) is 10.8 Å². The maximum atomic E-state index is 11.3. The van der Waals surface area contributed by atoms with Crippen molar-refractivity contribution in [2.45, 2.75) is 0 Å². The predicted molar refractivity (Wildman–Crippen MR) is 48.7 cm³/mol. The van der Waals surface area contributed by atoms with Crippen LogP contribution in [-0.2, 0) is 14.6 Å². The maximum absolute atomic E-state index is 11.3. The van der Waals surface area contributed by atoms with Crippen LogP contribution in [0, 0.1) is 3.14 Å². The van der Waals surface area contributed by atoms with Gasteiger partial charge in [-0.1, -0.05) is 0 Å². The first-order chi connectivity index (χ1) is 5.52. The average Bonchev–Trinajstić information content (AvgIpc) is 2.32. The van der Waals surface area contributed by atoms with Gasteiger partial charge in [0.15, 0.2) is 3.14 Å². The SMILES string of the molecule is O=C(O)CS(=O)(O)=c1sccs1. The molecule has 0 bridgehead atoms. The fraction of sp³-hybridized carbons (Fsp3) is 0.200. The molecule has 0 saturated heterocycles. The molecule has 1 aromatic rings. The third-order valence-electron chi connectivity index (χ3n) is 0.964. The molecule has 0 aliphatic rings. The lowest BCUT2D eigenvalue weighted by atomic mass is 10.8. The van der Waals surface area contributed by atoms with Crippen molar-refractivity contribution >= 4 is 38.4 Å². The quantitative estimate of drug-likeness (QED) is 0.743. The molecule has 1 unspecified atom stereocenters. The van der Waals surface area contributed by atoms with Crippen LogP contribution in [0.15, 0.2) is 10.8 Å². The van der Waals surface area contributed by atoms with Gasteiger partial charge in [0, 0.05) is 10.8 Å². The number of rotatable bonds is 2. The molecule has 4 nitrogen and oxygen atoms in total. The highest BCUT2D eigenvalue weighted by Crippen LogP contribution is 2.12. The van der Waals surface area contributed by atoms with E-state index in [1.807, 2.05) is 0 Å². The van der Waals surface area contributed by atoms with Crippen molar-refractivity contribution in [2.24, 2.45) is 0 Å². The van der Waals surface area contributed by atoms with Crippen molar-refractivity contribution in [3.8, 4) is 0 Å². The van der Waals surface area contributed by atoms with E-state index in [0.29, 0.717) is 0 Å². The van der Waals surface area contributed by atoms with Gasteiger partial charge in [-0.2, -0.15) is 0 Å². The molecule has 1 heterocycles. The average molecular weight is 226 g/mol. The van der Waals surface area contributed by atoms with Crippen LogP contribution in [0.5, 0.6) is 0 Å². The summed E-state index contributed by atoms with van der Waals surface area (Å²) in [7, 11) is -3.33. The lowest BCUT2D eigenvalue weighted by Crippen LogP contribution is -2.13. The van der Waals surface area contributed by atoms with Crippen LogP contribution < -0.4 is 0 Å². The first-order valence-electron chi connectivity index (χ1n) is 2.84. The summed E-state index contributed by atoms with van der Waals surface area (Å²) in [5, 5.41) is 11.6. The van der Waals surface area contributed by atoms with Crippen molar-refractivity contribution in [3.63, 3.8) is 0 Å². The van der Waals surface area contributed by atoms with Gasteiger partial charge in [0.05, 0.1) is 0 Å². The summed E-state index contributed by atoms with van der Waals surface area (Å²) in [5.41, 5.74) is 0. The Morgan fingerprint density at radius 3 is 2.42 bits per heavy atom. The Kier molecular flexibility index (Phi) is 2.89. The van der Waals surface area contributed by atoms with Crippen molar-refractivity contribution in [3.05, 3.63) is 13.9 Å². The zero-order valence-corrected chi connectivity index (χ0v) is 8.25. The lowest BCUT2D eigenvalue weighted by molar-refractivity contribution is -0.134. The van der Waals surface area contributed by atoms with E-state index in [0.717, 1.165) is 22.7 Å². The van der Waals surface area contributed by atoms with E-state index in [-0.39, 0.29) is 3.14 Å². The van der Waals surface area contributed by atoms with Crippen LogP contribution in [0.25, 0.3) is 0 Å². The van der Waals surface area contributed by atoms with Gasteiger partial charge in [0.25, 0.3) is 0 Å². The largest absolute Gasteiger partial charge is 0.481 e. The van der Waals surface area contributed by atoms with Gasteiger partial charge in [-0.05, 0) is 0 Å². The molecule has 0 aromatic carbocycles. The Morgan fingerprint density at radius 1 is 1.50 bits per heavy atom. The first-order valence-corrected chi connectivity index (χ1v) is 6.28. The molecule has 0 fully saturated rings. The van der Waals surface area contributed by atoms with E-state index in [9.17, 15) is 13.6 Å². The summed E-state index contributed by atoms with van der Waals surface area (Å²) in [6, 6.07) is 0. The van der Waals surface area contributed by atoms with Crippen LogP contribution in [0.1, 0.15) is 0 Å². The molecule has 1 atom stereocenters. The van der Waals surface area contributed by atoms with E-state index < -0.39 is 21.5 Å². The number of hydrogen-bond acceptors (Lipinski definition) is 4. The van der Waals surface area contributed by atoms with Gasteiger partial charge < -0.3 is 9.66 Å². The Hall–Kier alpha value is -0.370. The fourth-order valence-corrected chi connectivity index (χ4v) is 4.14. The molecule has 12 heavy (non-hydrogen) atoms. The Morgan fingerprint density at radius 2 is 2.00 bits per heavy atom. The highest BCUT2D eigenvalue weighted by molar-refractivity contribution is 7.93. The second-order valence-corrected chi connectivity index (χ2v) is 6.52. The molecule has 0 aliphatic heterocycles. The minimum Gasteiger partial charge on any atom is -0.481 e. The van der Waals surface area contributed by atoms with E-state index in [1.165, 1.54) is 0 Å². The topological polar surface area (TPSA) is 74.6 Å². The Bertz CT molecular complexity index is 403. The second kappa shape index (κ2) is 3.56. The Balaban J connectivity index is 3.27. The number of carboxylic acids is 1. The molecular weight excluding hydrogens is 220 g/mol. The molecule has 0 saturated carbocycles. The monoisotopic (exact) mass is 226 g/mol. The summed E-state index contributed by atoms with van der Waals surface area (Å²) in [5.74, 6) is -1.98. The van der Waals surface area contributed by atoms with Gasteiger partial charge in [-0.25, -0.2) is 4.21 Å². The molecule has 0 aliphatic carbocycles. The van der Waals surface area contributed by atoms with Crippen molar-refractivity contribution < 1.29 is 18.7 Å². The van der Waals surface area contributed by atoms with Crippen LogP contribution in [0.4, 0.5) is 0 Å². The van der Waals surface area contributed by atoms with Gasteiger partial charge in [0.1, 0.15) is 15.6 Å². The first kappa shape index (κ1) is 9.72. The Labute approximate surface area is 77.0 Å². The van der Waals surface area contributed by atoms with Crippen LogP contribution in [0.3, 0.4) is 0 Å². The summed E-state index contributed by atoms with van der Waals surface area (Å²) in [6.45, 7) is 0. The van der Waals surface area contributed by atoms with Crippen molar-refractivity contribution in [1.29, 1.82) is 0 Å². The number of hydrogen-bond donors (Lipinski definition) is 2. The van der Waals surface area contributed by atoms with Gasteiger partial charge in [-0.15, -0.1) is 22.7 Å².